The number of esters is 2. The Morgan fingerprint density at radius 2 is 1.77 bits per heavy atom. The van der Waals surface area contributed by atoms with E-state index in [1.54, 1.807) is 50.6 Å². The molecule has 0 saturated carbocycles. The number of halogens is 2. The molecule has 0 radical (unpaired) electrons. The lowest BCUT2D eigenvalue weighted by molar-refractivity contribution is -0.113. The van der Waals surface area contributed by atoms with E-state index in [4.69, 9.17) is 32.7 Å². The van der Waals surface area contributed by atoms with Gasteiger partial charge in [-0.3, -0.25) is 4.79 Å². The van der Waals surface area contributed by atoms with Crippen LogP contribution in [0.15, 0.2) is 23.4 Å². The molecule has 186 valence electrons. The highest BCUT2D eigenvalue weighted by molar-refractivity contribution is 7.99. The number of carbonyl (C=O) groups excluding carboxylic acids is 3. The largest absolute Gasteiger partial charge is 0.462 e. The fraction of sp³-hybridized carbons (Fsp3) is 0.318. The first kappa shape index (κ1) is 27.0. The van der Waals surface area contributed by atoms with E-state index < -0.39 is 17.8 Å². The second kappa shape index (κ2) is 11.9. The topological polar surface area (TPSA) is 112 Å². The van der Waals surface area contributed by atoms with Gasteiger partial charge in [-0.1, -0.05) is 35.0 Å². The van der Waals surface area contributed by atoms with E-state index in [0.29, 0.717) is 26.6 Å². The van der Waals surface area contributed by atoms with Gasteiger partial charge in [0.2, 0.25) is 5.91 Å². The van der Waals surface area contributed by atoms with Crippen molar-refractivity contribution in [1.82, 2.24) is 14.8 Å². The maximum absolute atomic E-state index is 12.7. The number of rotatable bonds is 9. The van der Waals surface area contributed by atoms with Crippen molar-refractivity contribution in [3.8, 4) is 11.4 Å². The van der Waals surface area contributed by atoms with Gasteiger partial charge in [0.25, 0.3) is 0 Å². The molecule has 2 aromatic heterocycles. The first-order valence-electron chi connectivity index (χ1n) is 10.4. The van der Waals surface area contributed by atoms with Crippen LogP contribution in [0, 0.1) is 6.92 Å². The Balaban J connectivity index is 1.76. The fourth-order valence-electron chi connectivity index (χ4n) is 3.06. The van der Waals surface area contributed by atoms with Crippen LogP contribution in [0.4, 0.5) is 5.00 Å². The molecule has 0 bridgehead atoms. The van der Waals surface area contributed by atoms with Gasteiger partial charge in [0.1, 0.15) is 9.88 Å². The van der Waals surface area contributed by atoms with Crippen molar-refractivity contribution in [1.29, 1.82) is 0 Å². The predicted octanol–water partition coefficient (Wildman–Crippen LogP) is 5.24. The number of aromatic nitrogens is 3. The molecule has 0 unspecified atom stereocenters. The molecule has 1 amide bonds. The molecule has 3 rings (SSSR count). The summed E-state index contributed by atoms with van der Waals surface area (Å²) < 4.78 is 11.9. The highest BCUT2D eigenvalue weighted by Crippen LogP contribution is 2.35. The van der Waals surface area contributed by atoms with Gasteiger partial charge in [-0.25, -0.2) is 9.59 Å². The Labute approximate surface area is 220 Å². The molecule has 35 heavy (non-hydrogen) atoms. The Hall–Kier alpha value is -2.60. The van der Waals surface area contributed by atoms with Gasteiger partial charge in [0.15, 0.2) is 11.0 Å². The van der Waals surface area contributed by atoms with Crippen molar-refractivity contribution in [2.45, 2.75) is 25.9 Å². The van der Waals surface area contributed by atoms with Crippen LogP contribution in [0.2, 0.25) is 10.0 Å². The Bertz CT molecular complexity index is 1280. The van der Waals surface area contributed by atoms with E-state index in [1.807, 2.05) is 0 Å². The SMILES string of the molecule is CCOC(=O)c1sc(NC(=O)CSc2nnc(-c3ccc(Cl)c(Cl)c3)n2C)c(C(=O)OCC)c1C. The van der Waals surface area contributed by atoms with Gasteiger partial charge < -0.3 is 19.4 Å². The van der Waals surface area contributed by atoms with Crippen LogP contribution in [0.25, 0.3) is 11.4 Å². The molecular weight excluding hydrogens is 535 g/mol. The van der Waals surface area contributed by atoms with Gasteiger partial charge >= 0.3 is 11.9 Å². The maximum atomic E-state index is 12.7. The number of nitrogens with one attached hydrogen (secondary N) is 1. The summed E-state index contributed by atoms with van der Waals surface area (Å²) in [4.78, 5) is 37.8. The first-order chi connectivity index (χ1) is 16.7. The van der Waals surface area contributed by atoms with Gasteiger partial charge in [0.05, 0.1) is 34.6 Å². The predicted molar refractivity (Wildman–Crippen MR) is 137 cm³/mol. The second-order valence-electron chi connectivity index (χ2n) is 7.03. The number of ether oxygens (including phenoxy) is 2. The molecule has 0 spiro atoms. The number of thiophene rings is 1. The summed E-state index contributed by atoms with van der Waals surface area (Å²) in [5, 5.41) is 12.6. The maximum Gasteiger partial charge on any atom is 0.348 e. The summed E-state index contributed by atoms with van der Waals surface area (Å²) in [5.74, 6) is -1.04. The summed E-state index contributed by atoms with van der Waals surface area (Å²) >= 11 is 14.2. The van der Waals surface area contributed by atoms with Gasteiger partial charge in [-0.15, -0.1) is 21.5 Å². The van der Waals surface area contributed by atoms with Crippen molar-refractivity contribution >= 4 is 69.1 Å². The zero-order chi connectivity index (χ0) is 25.7. The quantitative estimate of drug-likeness (QED) is 0.281. The highest BCUT2D eigenvalue weighted by Gasteiger charge is 2.27. The third kappa shape index (κ3) is 6.16. The molecule has 3 aromatic rings. The van der Waals surface area contributed by atoms with E-state index in [-0.39, 0.29) is 34.4 Å². The zero-order valence-corrected chi connectivity index (χ0v) is 22.5. The second-order valence-corrected chi connectivity index (χ2v) is 9.81. The normalized spacial score (nSPS) is 10.8. The third-order valence-electron chi connectivity index (χ3n) is 4.69. The molecule has 1 aromatic carbocycles. The number of hydrogen-bond donors (Lipinski definition) is 1. The average molecular weight is 557 g/mol. The highest BCUT2D eigenvalue weighted by atomic mass is 35.5. The van der Waals surface area contributed by atoms with E-state index in [9.17, 15) is 14.4 Å². The van der Waals surface area contributed by atoms with Crippen LogP contribution >= 0.6 is 46.3 Å². The Kier molecular flexibility index (Phi) is 9.17. The molecule has 1 N–H and O–H groups in total. The summed E-state index contributed by atoms with van der Waals surface area (Å²) in [6.07, 6.45) is 0. The number of thioether (sulfide) groups is 1. The van der Waals surface area contributed by atoms with E-state index in [0.717, 1.165) is 28.7 Å². The number of hydrogen-bond acceptors (Lipinski definition) is 9. The molecule has 0 aliphatic heterocycles. The molecular formula is C22H22Cl2N4O5S2. The zero-order valence-electron chi connectivity index (χ0n) is 19.3. The van der Waals surface area contributed by atoms with Crippen LogP contribution in [0.5, 0.6) is 0 Å². The molecule has 0 aliphatic rings. The van der Waals surface area contributed by atoms with Crippen molar-refractivity contribution in [2.75, 3.05) is 24.3 Å². The van der Waals surface area contributed by atoms with Crippen molar-refractivity contribution < 1.29 is 23.9 Å². The molecule has 0 saturated heterocycles. The van der Waals surface area contributed by atoms with Crippen molar-refractivity contribution in [3.05, 3.63) is 44.2 Å². The van der Waals surface area contributed by atoms with Crippen LogP contribution in [-0.4, -0.2) is 51.6 Å². The lowest BCUT2D eigenvalue weighted by Gasteiger charge is -2.07. The molecule has 2 heterocycles. The van der Waals surface area contributed by atoms with Crippen LogP contribution in [0.1, 0.15) is 39.4 Å². The Morgan fingerprint density at radius 1 is 1.09 bits per heavy atom. The minimum atomic E-state index is -0.626. The fourth-order valence-corrected chi connectivity index (χ4v) is 5.18. The van der Waals surface area contributed by atoms with Gasteiger partial charge in [-0.2, -0.15) is 0 Å². The first-order valence-corrected chi connectivity index (χ1v) is 13.0. The van der Waals surface area contributed by atoms with Crippen molar-refractivity contribution in [3.63, 3.8) is 0 Å². The summed E-state index contributed by atoms with van der Waals surface area (Å²) in [6, 6.07) is 5.13. The third-order valence-corrected chi connectivity index (χ3v) is 7.63. The van der Waals surface area contributed by atoms with Crippen LogP contribution in [-0.2, 0) is 21.3 Å². The minimum Gasteiger partial charge on any atom is -0.462 e. The molecule has 0 atom stereocenters. The van der Waals surface area contributed by atoms with Crippen LogP contribution in [0.3, 0.4) is 0 Å². The van der Waals surface area contributed by atoms with E-state index in [1.165, 1.54) is 0 Å². The van der Waals surface area contributed by atoms with Crippen LogP contribution < -0.4 is 5.32 Å². The van der Waals surface area contributed by atoms with Gasteiger partial charge in [-0.05, 0) is 44.5 Å². The monoisotopic (exact) mass is 556 g/mol. The number of benzene rings is 1. The molecule has 0 aliphatic carbocycles. The average Bonchev–Trinajstić information content (AvgIpc) is 3.34. The Morgan fingerprint density at radius 3 is 2.43 bits per heavy atom. The molecule has 13 heteroatoms. The smallest absolute Gasteiger partial charge is 0.348 e. The number of carbonyl (C=O) groups is 3. The summed E-state index contributed by atoms with van der Waals surface area (Å²) in [5.41, 5.74) is 1.26. The standard InChI is InChI=1S/C22H22Cl2N4O5S2/c1-5-32-20(30)16-11(3)17(21(31)33-6-2)35-19(16)25-15(29)10-34-22-27-26-18(28(22)4)12-7-8-13(23)14(24)9-12/h7-9H,5-6,10H2,1-4H3,(H,25,29). The summed E-state index contributed by atoms with van der Waals surface area (Å²) in [7, 11) is 1.77. The molecule has 0 fully saturated rings. The number of nitrogens with zero attached hydrogens (tertiary/aromatic N) is 3. The summed E-state index contributed by atoms with van der Waals surface area (Å²) in [6.45, 7) is 5.31. The van der Waals surface area contributed by atoms with Crippen molar-refractivity contribution in [2.24, 2.45) is 7.05 Å². The molecule has 9 nitrogen and oxygen atoms in total. The number of anilines is 1. The lowest BCUT2D eigenvalue weighted by atomic mass is 10.1. The van der Waals surface area contributed by atoms with E-state index in [2.05, 4.69) is 15.5 Å². The number of amides is 1. The lowest BCUT2D eigenvalue weighted by Crippen LogP contribution is -2.16. The minimum absolute atomic E-state index is 0.0126. The van der Waals surface area contributed by atoms with E-state index >= 15 is 0 Å². The van der Waals surface area contributed by atoms with Gasteiger partial charge in [0, 0.05) is 12.6 Å².